The molecule has 1 atom stereocenters. The van der Waals surface area contributed by atoms with E-state index in [1.807, 2.05) is 12.1 Å². The fourth-order valence-electron chi connectivity index (χ4n) is 3.67. The van der Waals surface area contributed by atoms with Crippen LogP contribution in [-0.4, -0.2) is 45.1 Å². The summed E-state index contributed by atoms with van der Waals surface area (Å²) in [7, 11) is 0. The molecule has 1 fully saturated rings. The highest BCUT2D eigenvalue weighted by atomic mass is 32.1. The molecule has 142 valence electrons. The maximum Gasteiger partial charge on any atom is 0.271 e. The number of rotatable bonds is 4. The molecule has 4 heterocycles. The second-order valence-electron chi connectivity index (χ2n) is 7.08. The molecule has 4 aromatic rings. The molecule has 5 rings (SSSR count). The van der Waals surface area contributed by atoms with Gasteiger partial charge in [-0.1, -0.05) is 23.5 Å². The fraction of sp³-hybridized carbons (Fsp3) is 0.300. The summed E-state index contributed by atoms with van der Waals surface area (Å²) in [5.41, 5.74) is 2.13. The largest absolute Gasteiger partial charge is 0.350 e. The van der Waals surface area contributed by atoms with E-state index < -0.39 is 0 Å². The number of carbonyl (C=O) groups is 1. The number of benzene rings is 1. The van der Waals surface area contributed by atoms with E-state index in [2.05, 4.69) is 32.4 Å². The van der Waals surface area contributed by atoms with Gasteiger partial charge in [-0.05, 0) is 37.0 Å². The molecule has 8 heteroatoms. The topological polar surface area (TPSA) is 75.4 Å². The van der Waals surface area contributed by atoms with Crippen LogP contribution in [0.1, 0.15) is 23.3 Å². The Morgan fingerprint density at radius 2 is 2.21 bits per heavy atom. The second kappa shape index (κ2) is 7.20. The van der Waals surface area contributed by atoms with E-state index in [1.54, 1.807) is 40.4 Å². The monoisotopic (exact) mass is 392 g/mol. The molecule has 28 heavy (non-hydrogen) atoms. The Bertz CT molecular complexity index is 1070. The number of hydrogen-bond donors (Lipinski definition) is 1. The number of nitrogens with zero attached hydrogens (tertiary/aromatic N) is 5. The number of amides is 1. The van der Waals surface area contributed by atoms with Crippen molar-refractivity contribution in [1.29, 1.82) is 0 Å². The first-order valence-electron chi connectivity index (χ1n) is 9.45. The van der Waals surface area contributed by atoms with E-state index in [9.17, 15) is 4.79 Å². The van der Waals surface area contributed by atoms with Crippen molar-refractivity contribution in [2.24, 2.45) is 5.92 Å². The Labute approximate surface area is 166 Å². The summed E-state index contributed by atoms with van der Waals surface area (Å²) in [6.07, 6.45) is 5.69. The minimum absolute atomic E-state index is 0.150. The van der Waals surface area contributed by atoms with E-state index in [4.69, 9.17) is 4.98 Å². The smallest absolute Gasteiger partial charge is 0.271 e. The quantitative estimate of drug-likeness (QED) is 0.578. The lowest BCUT2D eigenvalue weighted by molar-refractivity contribution is 0.0940. The Morgan fingerprint density at radius 3 is 3.11 bits per heavy atom. The molecule has 0 spiro atoms. The van der Waals surface area contributed by atoms with Gasteiger partial charge in [-0.2, -0.15) is 5.10 Å². The molecule has 0 radical (unpaired) electrons. The predicted molar refractivity (Wildman–Crippen MR) is 110 cm³/mol. The van der Waals surface area contributed by atoms with Gasteiger partial charge in [0.05, 0.1) is 10.2 Å². The summed E-state index contributed by atoms with van der Waals surface area (Å²) in [5, 5.41) is 8.40. The first-order valence-corrected chi connectivity index (χ1v) is 10.3. The molecule has 0 bridgehead atoms. The predicted octanol–water partition coefficient (Wildman–Crippen LogP) is 2.99. The Hall–Kier alpha value is -3.00. The lowest BCUT2D eigenvalue weighted by Gasteiger charge is -2.32. The van der Waals surface area contributed by atoms with Crippen LogP contribution in [0.25, 0.3) is 15.9 Å². The van der Waals surface area contributed by atoms with E-state index in [0.29, 0.717) is 23.8 Å². The minimum Gasteiger partial charge on any atom is -0.350 e. The summed E-state index contributed by atoms with van der Waals surface area (Å²) in [6.45, 7) is 2.57. The van der Waals surface area contributed by atoms with Crippen molar-refractivity contribution < 1.29 is 4.79 Å². The first-order chi connectivity index (χ1) is 13.8. The van der Waals surface area contributed by atoms with Crippen molar-refractivity contribution in [2.45, 2.75) is 12.8 Å². The van der Waals surface area contributed by atoms with Gasteiger partial charge in [0, 0.05) is 38.1 Å². The molecule has 7 nitrogen and oxygen atoms in total. The summed E-state index contributed by atoms with van der Waals surface area (Å²) in [6, 6.07) is 11.7. The van der Waals surface area contributed by atoms with E-state index in [-0.39, 0.29) is 5.91 Å². The lowest BCUT2D eigenvalue weighted by atomic mass is 9.98. The van der Waals surface area contributed by atoms with Gasteiger partial charge in [0.15, 0.2) is 16.5 Å². The minimum atomic E-state index is -0.150. The van der Waals surface area contributed by atoms with Crippen molar-refractivity contribution in [3.8, 4) is 0 Å². The molecule has 1 aliphatic heterocycles. The van der Waals surface area contributed by atoms with Gasteiger partial charge >= 0.3 is 0 Å². The standard InChI is InChI=1S/C20H20N6OS/c27-19(16-11-18-21-8-4-10-26(18)24-16)22-12-14-5-3-9-25(13-14)20-23-15-6-1-2-7-17(15)28-20/h1-2,4,6-8,10-11,14H,3,5,9,12-13H2,(H,22,27). The van der Waals surface area contributed by atoms with Crippen molar-refractivity contribution in [3.05, 3.63) is 54.5 Å². The van der Waals surface area contributed by atoms with Crippen LogP contribution in [0.4, 0.5) is 5.13 Å². The van der Waals surface area contributed by atoms with E-state index in [1.165, 1.54) is 4.70 Å². The van der Waals surface area contributed by atoms with Crippen LogP contribution in [0.15, 0.2) is 48.8 Å². The molecule has 1 unspecified atom stereocenters. The summed E-state index contributed by atoms with van der Waals surface area (Å²) in [5.74, 6) is 0.252. The lowest BCUT2D eigenvalue weighted by Crippen LogP contribution is -2.41. The summed E-state index contributed by atoms with van der Waals surface area (Å²) in [4.78, 5) is 23.8. The number of anilines is 1. The summed E-state index contributed by atoms with van der Waals surface area (Å²) >= 11 is 1.74. The highest BCUT2D eigenvalue weighted by molar-refractivity contribution is 7.22. The maximum absolute atomic E-state index is 12.5. The molecule has 1 saturated heterocycles. The van der Waals surface area contributed by atoms with Gasteiger partial charge in [0.25, 0.3) is 5.91 Å². The Morgan fingerprint density at radius 1 is 1.29 bits per heavy atom. The molecule has 1 N–H and O–H groups in total. The zero-order valence-corrected chi connectivity index (χ0v) is 16.1. The first kappa shape index (κ1) is 17.1. The zero-order valence-electron chi connectivity index (χ0n) is 15.3. The van der Waals surface area contributed by atoms with Crippen LogP contribution in [0, 0.1) is 5.92 Å². The van der Waals surface area contributed by atoms with Crippen LogP contribution in [-0.2, 0) is 0 Å². The number of piperidine rings is 1. The van der Waals surface area contributed by atoms with Crippen molar-refractivity contribution in [3.63, 3.8) is 0 Å². The van der Waals surface area contributed by atoms with Crippen molar-refractivity contribution in [2.75, 3.05) is 24.5 Å². The molecule has 0 saturated carbocycles. The summed E-state index contributed by atoms with van der Waals surface area (Å²) < 4.78 is 2.83. The van der Waals surface area contributed by atoms with Crippen LogP contribution in [0.2, 0.25) is 0 Å². The van der Waals surface area contributed by atoms with Crippen LogP contribution in [0.5, 0.6) is 0 Å². The van der Waals surface area contributed by atoms with Gasteiger partial charge in [-0.25, -0.2) is 14.5 Å². The van der Waals surface area contributed by atoms with Gasteiger partial charge in [-0.15, -0.1) is 0 Å². The number of para-hydroxylation sites is 1. The number of nitrogens with one attached hydrogen (secondary N) is 1. The molecule has 3 aromatic heterocycles. The van der Waals surface area contributed by atoms with Gasteiger partial charge in [0.2, 0.25) is 0 Å². The Balaban J connectivity index is 1.23. The third-order valence-corrected chi connectivity index (χ3v) is 6.19. The molecule has 1 aromatic carbocycles. The van der Waals surface area contributed by atoms with Gasteiger partial charge < -0.3 is 10.2 Å². The molecular formula is C20H20N6OS. The number of hydrogen-bond acceptors (Lipinski definition) is 6. The SMILES string of the molecule is O=C(NCC1CCCN(c2nc3ccccc3s2)C1)c1cc2ncccn2n1. The van der Waals surface area contributed by atoms with Crippen LogP contribution in [0.3, 0.4) is 0 Å². The van der Waals surface area contributed by atoms with Crippen LogP contribution >= 0.6 is 11.3 Å². The van der Waals surface area contributed by atoms with Crippen molar-refractivity contribution in [1.82, 2.24) is 24.9 Å². The number of fused-ring (bicyclic) bond motifs is 2. The number of thiazole rings is 1. The van der Waals surface area contributed by atoms with Crippen molar-refractivity contribution >= 4 is 38.2 Å². The Kier molecular flexibility index (Phi) is 4.40. The van der Waals surface area contributed by atoms with Gasteiger partial charge in [-0.3, -0.25) is 4.79 Å². The average molecular weight is 392 g/mol. The number of aromatic nitrogens is 4. The molecular weight excluding hydrogens is 372 g/mol. The zero-order chi connectivity index (χ0) is 18.9. The van der Waals surface area contributed by atoms with E-state index in [0.717, 1.165) is 36.6 Å². The normalized spacial score (nSPS) is 17.3. The molecule has 0 aliphatic carbocycles. The fourth-order valence-corrected chi connectivity index (χ4v) is 4.67. The highest BCUT2D eigenvalue weighted by Gasteiger charge is 2.23. The third-order valence-electron chi connectivity index (χ3n) is 5.09. The maximum atomic E-state index is 12.5. The molecule has 1 aliphatic rings. The molecule has 1 amide bonds. The number of carbonyl (C=O) groups excluding carboxylic acids is 1. The van der Waals surface area contributed by atoms with Crippen LogP contribution < -0.4 is 10.2 Å². The van der Waals surface area contributed by atoms with E-state index >= 15 is 0 Å². The average Bonchev–Trinajstić information content (AvgIpc) is 3.36. The highest BCUT2D eigenvalue weighted by Crippen LogP contribution is 2.31. The third kappa shape index (κ3) is 3.31. The second-order valence-corrected chi connectivity index (χ2v) is 8.09. The van der Waals surface area contributed by atoms with Gasteiger partial charge in [0.1, 0.15) is 0 Å².